The molecular formula is C22H28O3. The van der Waals surface area contributed by atoms with Crippen molar-refractivity contribution in [2.24, 2.45) is 16.7 Å². The average Bonchev–Trinajstić information content (AvgIpc) is 3.00. The molecule has 0 bridgehead atoms. The summed E-state index contributed by atoms with van der Waals surface area (Å²) in [6.07, 6.45) is 3.98. The Kier molecular flexibility index (Phi) is 4.38. The second kappa shape index (κ2) is 6.12. The highest BCUT2D eigenvalue weighted by Crippen LogP contribution is 2.56. The van der Waals surface area contributed by atoms with Crippen LogP contribution in [-0.2, 0) is 4.79 Å². The van der Waals surface area contributed by atoms with Crippen molar-refractivity contribution in [3.8, 4) is 5.75 Å². The zero-order chi connectivity index (χ0) is 18.4. The number of carbonyl (C=O) groups is 2. The predicted molar refractivity (Wildman–Crippen MR) is 98.6 cm³/mol. The Balaban J connectivity index is 1.72. The molecule has 134 valence electrons. The number of Topliss-reactive ketones (excluding diaryl/α,β-unsaturated/α-hetero) is 1. The van der Waals surface area contributed by atoms with Gasteiger partial charge in [-0.3, -0.25) is 9.59 Å². The molecule has 0 fully saturated rings. The molecule has 0 atom stereocenters. The fourth-order valence-corrected chi connectivity index (χ4v) is 4.23. The molecule has 0 aliphatic heterocycles. The molecule has 3 nitrogen and oxygen atoms in total. The lowest BCUT2D eigenvalue weighted by atomic mass is 9.64. The maximum Gasteiger partial charge on any atom is 0.314 e. The topological polar surface area (TPSA) is 43.4 Å². The number of carbonyl (C=O) groups excluding carboxylic acids is 2. The van der Waals surface area contributed by atoms with E-state index in [1.165, 1.54) is 30.9 Å². The van der Waals surface area contributed by atoms with Crippen LogP contribution in [0.5, 0.6) is 5.75 Å². The summed E-state index contributed by atoms with van der Waals surface area (Å²) >= 11 is 0. The van der Waals surface area contributed by atoms with Crippen molar-refractivity contribution in [2.75, 3.05) is 0 Å². The summed E-state index contributed by atoms with van der Waals surface area (Å²) in [5.41, 5.74) is 3.93. The predicted octanol–water partition coefficient (Wildman–Crippen LogP) is 5.35. The van der Waals surface area contributed by atoms with Gasteiger partial charge in [-0.1, -0.05) is 38.8 Å². The van der Waals surface area contributed by atoms with E-state index in [0.717, 1.165) is 12.8 Å². The summed E-state index contributed by atoms with van der Waals surface area (Å²) < 4.78 is 5.60. The van der Waals surface area contributed by atoms with Gasteiger partial charge in [0, 0.05) is 5.56 Å². The summed E-state index contributed by atoms with van der Waals surface area (Å²) in [4.78, 5) is 24.0. The van der Waals surface area contributed by atoms with Gasteiger partial charge in [-0.05, 0) is 67.7 Å². The van der Waals surface area contributed by atoms with E-state index in [0.29, 0.717) is 11.3 Å². The molecule has 0 saturated heterocycles. The SMILES string of the molecule is CC(=O)c1ccc(OC(=O)C2CC3=C(C2)C(C)(C)CCC3(C)C)cc1. The van der Waals surface area contributed by atoms with Gasteiger partial charge in [0.2, 0.25) is 0 Å². The minimum Gasteiger partial charge on any atom is -0.426 e. The first-order valence-electron chi connectivity index (χ1n) is 9.16. The quantitative estimate of drug-likeness (QED) is 0.322. The number of ether oxygens (including phenoxy) is 1. The monoisotopic (exact) mass is 340 g/mol. The molecule has 0 unspecified atom stereocenters. The molecule has 25 heavy (non-hydrogen) atoms. The highest BCUT2D eigenvalue weighted by Gasteiger charge is 2.45. The number of rotatable bonds is 3. The smallest absolute Gasteiger partial charge is 0.314 e. The Morgan fingerprint density at radius 3 is 1.84 bits per heavy atom. The maximum absolute atomic E-state index is 12.7. The van der Waals surface area contributed by atoms with Crippen molar-refractivity contribution in [1.29, 1.82) is 0 Å². The standard InChI is InChI=1S/C22H28O3/c1-14(23)15-6-8-17(9-7-15)25-20(24)16-12-18-19(13-16)22(4,5)11-10-21(18,2)3/h6-9,16H,10-13H2,1-5H3. The van der Waals surface area contributed by atoms with Crippen LogP contribution in [0.3, 0.4) is 0 Å². The van der Waals surface area contributed by atoms with E-state index in [2.05, 4.69) is 27.7 Å². The average molecular weight is 340 g/mol. The van der Waals surface area contributed by atoms with Gasteiger partial charge < -0.3 is 4.74 Å². The summed E-state index contributed by atoms with van der Waals surface area (Å²) in [6, 6.07) is 6.81. The first-order valence-corrected chi connectivity index (χ1v) is 9.16. The number of hydrogen-bond acceptors (Lipinski definition) is 3. The number of benzene rings is 1. The second-order valence-corrected chi connectivity index (χ2v) is 8.83. The minimum atomic E-state index is -0.156. The van der Waals surface area contributed by atoms with E-state index in [-0.39, 0.29) is 28.5 Å². The van der Waals surface area contributed by atoms with Crippen LogP contribution in [0.4, 0.5) is 0 Å². The van der Waals surface area contributed by atoms with Gasteiger partial charge in [-0.25, -0.2) is 0 Å². The molecule has 2 aliphatic carbocycles. The van der Waals surface area contributed by atoms with Crippen molar-refractivity contribution in [3.63, 3.8) is 0 Å². The molecule has 3 rings (SSSR count). The van der Waals surface area contributed by atoms with Gasteiger partial charge in [0.1, 0.15) is 5.75 Å². The fourth-order valence-electron chi connectivity index (χ4n) is 4.23. The van der Waals surface area contributed by atoms with Gasteiger partial charge in [0.25, 0.3) is 0 Å². The molecule has 2 aliphatic rings. The summed E-state index contributed by atoms with van der Waals surface area (Å²) in [7, 11) is 0. The highest BCUT2D eigenvalue weighted by atomic mass is 16.5. The molecule has 0 N–H and O–H groups in total. The number of hydrogen-bond donors (Lipinski definition) is 0. The lowest BCUT2D eigenvalue weighted by molar-refractivity contribution is -0.138. The van der Waals surface area contributed by atoms with E-state index in [4.69, 9.17) is 4.74 Å². The van der Waals surface area contributed by atoms with E-state index in [1.54, 1.807) is 24.3 Å². The van der Waals surface area contributed by atoms with Crippen LogP contribution in [0, 0.1) is 16.7 Å². The first kappa shape index (κ1) is 17.9. The van der Waals surface area contributed by atoms with Crippen molar-refractivity contribution < 1.29 is 14.3 Å². The largest absolute Gasteiger partial charge is 0.426 e. The van der Waals surface area contributed by atoms with Crippen LogP contribution in [0.15, 0.2) is 35.4 Å². The Labute approximate surface area is 150 Å². The third-order valence-corrected chi connectivity index (χ3v) is 6.09. The Bertz CT molecular complexity index is 707. The van der Waals surface area contributed by atoms with Crippen molar-refractivity contribution in [1.82, 2.24) is 0 Å². The van der Waals surface area contributed by atoms with Crippen molar-refractivity contribution >= 4 is 11.8 Å². The van der Waals surface area contributed by atoms with Crippen LogP contribution >= 0.6 is 0 Å². The first-order chi connectivity index (χ1) is 11.6. The Morgan fingerprint density at radius 2 is 1.40 bits per heavy atom. The number of ketones is 1. The van der Waals surface area contributed by atoms with Crippen LogP contribution in [0.2, 0.25) is 0 Å². The lowest BCUT2D eigenvalue weighted by Gasteiger charge is -2.41. The minimum absolute atomic E-state index is 0.00927. The van der Waals surface area contributed by atoms with Gasteiger partial charge in [0.05, 0.1) is 5.92 Å². The Morgan fingerprint density at radius 1 is 0.920 bits per heavy atom. The van der Waals surface area contributed by atoms with E-state index in [1.807, 2.05) is 0 Å². The second-order valence-electron chi connectivity index (χ2n) is 8.83. The molecule has 0 saturated carbocycles. The van der Waals surface area contributed by atoms with Crippen LogP contribution in [0.1, 0.15) is 70.7 Å². The van der Waals surface area contributed by atoms with Gasteiger partial charge in [0.15, 0.2) is 5.78 Å². The molecule has 1 aromatic carbocycles. The van der Waals surface area contributed by atoms with E-state index < -0.39 is 0 Å². The molecule has 1 aromatic rings. The molecule has 0 radical (unpaired) electrons. The molecule has 0 heterocycles. The maximum atomic E-state index is 12.7. The van der Waals surface area contributed by atoms with Crippen molar-refractivity contribution in [2.45, 2.75) is 60.3 Å². The fraction of sp³-hybridized carbons (Fsp3) is 0.545. The molecule has 0 spiro atoms. The number of allylic oxidation sites excluding steroid dienone is 2. The van der Waals surface area contributed by atoms with E-state index >= 15 is 0 Å². The third-order valence-electron chi connectivity index (χ3n) is 6.09. The molecule has 0 aromatic heterocycles. The Hall–Kier alpha value is -1.90. The molecular weight excluding hydrogens is 312 g/mol. The lowest BCUT2D eigenvalue weighted by Crippen LogP contribution is -2.28. The van der Waals surface area contributed by atoms with E-state index in [9.17, 15) is 9.59 Å². The van der Waals surface area contributed by atoms with Crippen LogP contribution in [-0.4, -0.2) is 11.8 Å². The third kappa shape index (κ3) is 3.42. The normalized spacial score (nSPS) is 21.8. The molecule has 0 amide bonds. The zero-order valence-corrected chi connectivity index (χ0v) is 15.9. The molecule has 3 heteroatoms. The van der Waals surface area contributed by atoms with Gasteiger partial charge in [-0.2, -0.15) is 0 Å². The zero-order valence-electron chi connectivity index (χ0n) is 15.9. The van der Waals surface area contributed by atoms with Crippen molar-refractivity contribution in [3.05, 3.63) is 41.0 Å². The van der Waals surface area contributed by atoms with Crippen LogP contribution < -0.4 is 4.74 Å². The summed E-state index contributed by atoms with van der Waals surface area (Å²) in [5.74, 6) is 0.277. The van der Waals surface area contributed by atoms with Gasteiger partial charge in [-0.15, -0.1) is 0 Å². The summed E-state index contributed by atoms with van der Waals surface area (Å²) in [6.45, 7) is 10.7. The summed E-state index contributed by atoms with van der Waals surface area (Å²) in [5, 5.41) is 0. The number of esters is 1. The van der Waals surface area contributed by atoms with Gasteiger partial charge >= 0.3 is 5.97 Å². The van der Waals surface area contributed by atoms with Crippen LogP contribution in [0.25, 0.3) is 0 Å². The highest BCUT2D eigenvalue weighted by molar-refractivity contribution is 5.94.